The van der Waals surface area contributed by atoms with Gasteiger partial charge in [-0.1, -0.05) is 6.92 Å². The monoisotopic (exact) mass is 264 g/mol. The molecule has 3 nitrogen and oxygen atoms in total. The molecule has 98 valence electrons. The summed E-state index contributed by atoms with van der Waals surface area (Å²) in [4.78, 5) is 5.60. The van der Waals surface area contributed by atoms with Crippen LogP contribution in [-0.4, -0.2) is 31.2 Å². The maximum atomic E-state index is 11.8. The number of nitrogens with zero attached hydrogens (tertiary/aromatic N) is 1. The second-order valence-corrected chi connectivity index (χ2v) is 4.78. The van der Waals surface area contributed by atoms with Crippen LogP contribution in [0.2, 0.25) is 0 Å². The third-order valence-electron chi connectivity index (χ3n) is 2.18. The number of rotatable bonds is 8. The van der Waals surface area contributed by atoms with E-state index in [-0.39, 0.29) is 0 Å². The summed E-state index contributed by atoms with van der Waals surface area (Å²) in [6.07, 6.45) is -1.79. The van der Waals surface area contributed by atoms with Gasteiger partial charge in [0.2, 0.25) is 0 Å². The highest BCUT2D eigenvalue weighted by atomic mass is 32.1. The van der Waals surface area contributed by atoms with E-state index in [1.807, 2.05) is 6.92 Å². The Bertz CT molecular complexity index is 331. The van der Waals surface area contributed by atoms with E-state index >= 15 is 0 Å². The molecule has 1 heterocycles. The van der Waals surface area contributed by atoms with Gasteiger partial charge >= 0.3 is 0 Å². The first kappa shape index (κ1) is 14.5. The Labute approximate surface area is 104 Å². The van der Waals surface area contributed by atoms with Crippen molar-refractivity contribution < 1.29 is 13.5 Å². The normalized spacial score (nSPS) is 11.4. The molecule has 0 atom stereocenters. The van der Waals surface area contributed by atoms with E-state index in [0.717, 1.165) is 23.8 Å². The van der Waals surface area contributed by atoms with Crippen molar-refractivity contribution in [2.24, 2.45) is 0 Å². The molecule has 1 rings (SSSR count). The van der Waals surface area contributed by atoms with Gasteiger partial charge in [0.15, 0.2) is 0 Å². The van der Waals surface area contributed by atoms with Crippen LogP contribution in [0.1, 0.15) is 22.5 Å². The molecule has 0 aliphatic heterocycles. The van der Waals surface area contributed by atoms with E-state index in [2.05, 4.69) is 17.2 Å². The largest absolute Gasteiger partial charge is 0.375 e. The van der Waals surface area contributed by atoms with Crippen LogP contribution in [0, 0.1) is 6.92 Å². The van der Waals surface area contributed by atoms with Crippen molar-refractivity contribution in [3.8, 4) is 0 Å². The lowest BCUT2D eigenvalue weighted by atomic mass is 10.4. The number of alkyl halides is 2. The molecular weight excluding hydrogens is 246 g/mol. The highest BCUT2D eigenvalue weighted by Gasteiger charge is 2.07. The minimum atomic E-state index is -2.39. The Morgan fingerprint density at radius 1 is 1.47 bits per heavy atom. The van der Waals surface area contributed by atoms with Gasteiger partial charge < -0.3 is 10.1 Å². The van der Waals surface area contributed by atoms with Gasteiger partial charge in [0, 0.05) is 17.8 Å². The van der Waals surface area contributed by atoms with Crippen LogP contribution in [-0.2, 0) is 17.7 Å². The molecule has 0 aliphatic rings. The van der Waals surface area contributed by atoms with E-state index in [1.165, 1.54) is 4.88 Å². The van der Waals surface area contributed by atoms with Crippen molar-refractivity contribution in [1.82, 2.24) is 10.3 Å². The van der Waals surface area contributed by atoms with Crippen molar-refractivity contribution >= 4 is 11.3 Å². The number of halogens is 2. The van der Waals surface area contributed by atoms with Crippen molar-refractivity contribution in [1.29, 1.82) is 0 Å². The van der Waals surface area contributed by atoms with E-state index in [9.17, 15) is 8.78 Å². The van der Waals surface area contributed by atoms with Crippen LogP contribution in [0.5, 0.6) is 0 Å². The first-order chi connectivity index (χ1) is 8.13. The minimum absolute atomic E-state index is 0.304. The van der Waals surface area contributed by atoms with Gasteiger partial charge in [-0.2, -0.15) is 0 Å². The quantitative estimate of drug-likeness (QED) is 0.732. The van der Waals surface area contributed by atoms with Crippen LogP contribution in [0.15, 0.2) is 0 Å². The van der Waals surface area contributed by atoms with Crippen LogP contribution in [0.25, 0.3) is 0 Å². The molecule has 0 aliphatic carbocycles. The second-order valence-electron chi connectivity index (χ2n) is 3.61. The fraction of sp³-hybridized carbons (Fsp3) is 0.727. The summed E-state index contributed by atoms with van der Waals surface area (Å²) in [7, 11) is 0. The molecule has 0 radical (unpaired) electrons. The summed E-state index contributed by atoms with van der Waals surface area (Å²) in [6.45, 7) is 5.57. The number of thiazole rings is 1. The van der Waals surface area contributed by atoms with E-state index in [0.29, 0.717) is 13.0 Å². The average molecular weight is 264 g/mol. The molecule has 0 saturated heterocycles. The van der Waals surface area contributed by atoms with Gasteiger partial charge in [-0.05, 0) is 13.5 Å². The number of hydrogen-bond acceptors (Lipinski definition) is 4. The molecule has 1 N–H and O–H groups in total. The zero-order valence-electron chi connectivity index (χ0n) is 10.1. The topological polar surface area (TPSA) is 34.1 Å². The van der Waals surface area contributed by atoms with Crippen molar-refractivity contribution in [3.63, 3.8) is 0 Å². The molecule has 6 heteroatoms. The Morgan fingerprint density at radius 3 is 2.88 bits per heavy atom. The number of hydrogen-bond donors (Lipinski definition) is 1. The molecule has 1 aromatic heterocycles. The fourth-order valence-corrected chi connectivity index (χ4v) is 2.35. The van der Waals surface area contributed by atoms with Crippen LogP contribution in [0.3, 0.4) is 0 Å². The van der Waals surface area contributed by atoms with Gasteiger partial charge in [-0.3, -0.25) is 0 Å². The molecule has 0 saturated carbocycles. The predicted octanol–water partition coefficient (Wildman–Crippen LogP) is 2.39. The molecule has 17 heavy (non-hydrogen) atoms. The molecule has 0 fully saturated rings. The zero-order chi connectivity index (χ0) is 12.7. The third-order valence-corrected chi connectivity index (χ3v) is 3.39. The smallest absolute Gasteiger partial charge is 0.261 e. The number of aryl methyl sites for hydroxylation is 1. The predicted molar refractivity (Wildman–Crippen MR) is 64.8 cm³/mol. The molecule has 0 unspecified atom stereocenters. The Hall–Kier alpha value is -0.590. The summed E-state index contributed by atoms with van der Waals surface area (Å²) in [5.41, 5.74) is 1.01. The summed E-state index contributed by atoms with van der Waals surface area (Å²) in [5, 5.41) is 4.19. The number of ether oxygens (including phenoxy) is 1. The molecule has 0 aromatic carbocycles. The molecule has 0 bridgehead atoms. The average Bonchev–Trinajstić information content (AvgIpc) is 2.62. The van der Waals surface area contributed by atoms with E-state index in [4.69, 9.17) is 4.74 Å². The van der Waals surface area contributed by atoms with Gasteiger partial charge in [-0.15, -0.1) is 11.3 Å². The Balaban J connectivity index is 2.33. The van der Waals surface area contributed by atoms with E-state index < -0.39 is 13.0 Å². The third kappa shape index (κ3) is 5.52. The Morgan fingerprint density at radius 2 is 2.24 bits per heavy atom. The van der Waals surface area contributed by atoms with Gasteiger partial charge in [0.05, 0.1) is 17.3 Å². The maximum absolute atomic E-state index is 11.8. The van der Waals surface area contributed by atoms with Crippen LogP contribution < -0.4 is 5.32 Å². The fourth-order valence-electron chi connectivity index (χ4n) is 1.33. The summed E-state index contributed by atoms with van der Waals surface area (Å²) >= 11 is 1.62. The summed E-state index contributed by atoms with van der Waals surface area (Å²) in [5.74, 6) is 0. The SMILES string of the molecule is CCNCc1sc(CCOCC(F)F)nc1C. The van der Waals surface area contributed by atoms with Gasteiger partial charge in [0.1, 0.15) is 6.61 Å². The molecule has 0 spiro atoms. The summed E-state index contributed by atoms with van der Waals surface area (Å²) in [6, 6.07) is 0. The van der Waals surface area contributed by atoms with Gasteiger partial charge in [-0.25, -0.2) is 13.8 Å². The van der Waals surface area contributed by atoms with Crippen LogP contribution >= 0.6 is 11.3 Å². The highest BCUT2D eigenvalue weighted by Crippen LogP contribution is 2.18. The Kier molecular flexibility index (Phi) is 6.54. The zero-order valence-corrected chi connectivity index (χ0v) is 10.9. The van der Waals surface area contributed by atoms with E-state index in [1.54, 1.807) is 11.3 Å². The summed E-state index contributed by atoms with van der Waals surface area (Å²) < 4.78 is 28.5. The van der Waals surface area contributed by atoms with Crippen molar-refractivity contribution in [2.45, 2.75) is 33.2 Å². The van der Waals surface area contributed by atoms with Crippen molar-refractivity contribution in [2.75, 3.05) is 19.8 Å². The highest BCUT2D eigenvalue weighted by molar-refractivity contribution is 7.11. The lowest BCUT2D eigenvalue weighted by Crippen LogP contribution is -2.11. The number of aromatic nitrogens is 1. The van der Waals surface area contributed by atoms with Crippen LogP contribution in [0.4, 0.5) is 8.78 Å². The number of nitrogens with one attached hydrogen (secondary N) is 1. The lowest BCUT2D eigenvalue weighted by molar-refractivity contribution is 0.0187. The first-order valence-electron chi connectivity index (χ1n) is 5.65. The molecule has 0 amide bonds. The standard InChI is InChI=1S/C11H18F2N2OS/c1-3-14-6-9-8(2)15-11(17-9)4-5-16-7-10(12)13/h10,14H,3-7H2,1-2H3. The van der Waals surface area contributed by atoms with Crippen molar-refractivity contribution in [3.05, 3.63) is 15.6 Å². The molecular formula is C11H18F2N2OS. The second kappa shape index (κ2) is 7.68. The van der Waals surface area contributed by atoms with Gasteiger partial charge in [0.25, 0.3) is 6.43 Å². The maximum Gasteiger partial charge on any atom is 0.261 e. The lowest BCUT2D eigenvalue weighted by Gasteiger charge is -2.00. The molecule has 1 aromatic rings. The first-order valence-corrected chi connectivity index (χ1v) is 6.47. The minimum Gasteiger partial charge on any atom is -0.375 e.